The lowest BCUT2D eigenvalue weighted by atomic mass is 10.1. The minimum absolute atomic E-state index is 0.129. The molecule has 0 spiro atoms. The Morgan fingerprint density at radius 1 is 0.828 bits per heavy atom. The van der Waals surface area contributed by atoms with Crippen molar-refractivity contribution in [2.24, 2.45) is 0 Å². The van der Waals surface area contributed by atoms with E-state index in [1.807, 2.05) is 18.2 Å². The van der Waals surface area contributed by atoms with Crippen LogP contribution in [0.15, 0.2) is 36.0 Å². The lowest BCUT2D eigenvalue weighted by Crippen LogP contribution is -2.22. The van der Waals surface area contributed by atoms with Crippen LogP contribution in [0.25, 0.3) is 6.08 Å². The van der Waals surface area contributed by atoms with Gasteiger partial charge in [-0.2, -0.15) is 0 Å². The van der Waals surface area contributed by atoms with E-state index in [2.05, 4.69) is 0 Å². The second-order valence-corrected chi connectivity index (χ2v) is 6.02. The summed E-state index contributed by atoms with van der Waals surface area (Å²) in [6, 6.07) is 8.87. The Bertz CT molecular complexity index is 914. The van der Waals surface area contributed by atoms with Crippen LogP contribution in [0.3, 0.4) is 0 Å². The monoisotopic (exact) mass is 401 g/mol. The lowest BCUT2D eigenvalue weighted by molar-refractivity contribution is 0.182. The van der Waals surface area contributed by atoms with Crippen LogP contribution in [0.4, 0.5) is 10.5 Å². The van der Waals surface area contributed by atoms with Gasteiger partial charge in [0.15, 0.2) is 23.0 Å². The van der Waals surface area contributed by atoms with Crippen molar-refractivity contribution in [2.45, 2.75) is 0 Å². The number of carbonyl (C=O) groups is 1. The highest BCUT2D eigenvalue weighted by Crippen LogP contribution is 2.42. The highest BCUT2D eigenvalue weighted by atomic mass is 16.6. The van der Waals surface area contributed by atoms with Gasteiger partial charge in [-0.15, -0.1) is 0 Å². The van der Waals surface area contributed by atoms with Gasteiger partial charge < -0.3 is 28.4 Å². The van der Waals surface area contributed by atoms with Crippen LogP contribution in [0.1, 0.15) is 5.56 Å². The van der Waals surface area contributed by atoms with E-state index in [0.717, 1.165) is 5.56 Å². The van der Waals surface area contributed by atoms with Crippen LogP contribution in [-0.2, 0) is 4.74 Å². The predicted molar refractivity (Wildman–Crippen MR) is 107 cm³/mol. The molecule has 1 fully saturated rings. The zero-order chi connectivity index (χ0) is 21.0. The predicted octanol–water partition coefficient (Wildman–Crippen LogP) is 3.73. The molecule has 0 atom stereocenters. The molecule has 2 aromatic carbocycles. The van der Waals surface area contributed by atoms with Crippen molar-refractivity contribution in [3.8, 4) is 28.7 Å². The summed E-state index contributed by atoms with van der Waals surface area (Å²) in [5.41, 5.74) is 2.01. The number of amides is 1. The minimum atomic E-state index is -0.494. The van der Waals surface area contributed by atoms with Crippen LogP contribution < -0.4 is 28.6 Å². The molecule has 0 aromatic heterocycles. The van der Waals surface area contributed by atoms with Gasteiger partial charge in [0, 0.05) is 12.1 Å². The molecule has 0 radical (unpaired) electrons. The van der Waals surface area contributed by atoms with Crippen LogP contribution in [0.2, 0.25) is 0 Å². The largest absolute Gasteiger partial charge is 0.493 e. The number of hydrogen-bond donors (Lipinski definition) is 0. The molecule has 1 aliphatic rings. The maximum Gasteiger partial charge on any atom is 0.419 e. The summed E-state index contributed by atoms with van der Waals surface area (Å²) in [6.07, 6.45) is 1.35. The smallest absolute Gasteiger partial charge is 0.419 e. The lowest BCUT2D eigenvalue weighted by Gasteiger charge is -2.19. The molecule has 2 aromatic rings. The van der Waals surface area contributed by atoms with Crippen LogP contribution in [-0.4, -0.2) is 48.2 Å². The molecule has 1 heterocycles. The molecule has 154 valence electrons. The van der Waals surface area contributed by atoms with E-state index in [0.29, 0.717) is 40.1 Å². The van der Waals surface area contributed by atoms with Crippen molar-refractivity contribution in [1.29, 1.82) is 0 Å². The fraction of sp³-hybridized carbons (Fsp3) is 0.286. The normalized spacial score (nSPS) is 14.6. The molecule has 0 unspecified atom stereocenters. The van der Waals surface area contributed by atoms with Crippen molar-refractivity contribution in [3.63, 3.8) is 0 Å². The SMILES string of the molecule is COc1ccc(/C=C2/COC(=O)N2c2cc(OC)c(OC)c(OC)c2)cc1OC. The Hall–Kier alpha value is -3.55. The van der Waals surface area contributed by atoms with E-state index < -0.39 is 6.09 Å². The molecule has 0 bridgehead atoms. The van der Waals surface area contributed by atoms with Crippen molar-refractivity contribution in [3.05, 3.63) is 41.6 Å². The molecule has 0 N–H and O–H groups in total. The number of benzene rings is 2. The van der Waals surface area contributed by atoms with Gasteiger partial charge in [-0.05, 0) is 23.8 Å². The average Bonchev–Trinajstić information content (AvgIpc) is 3.12. The second kappa shape index (κ2) is 8.64. The third-order valence-corrected chi connectivity index (χ3v) is 4.46. The quantitative estimate of drug-likeness (QED) is 0.700. The Kier molecular flexibility index (Phi) is 6.01. The fourth-order valence-electron chi connectivity index (χ4n) is 3.09. The maximum atomic E-state index is 12.5. The molecule has 1 amide bonds. The van der Waals surface area contributed by atoms with Gasteiger partial charge >= 0.3 is 6.09 Å². The molecule has 0 saturated carbocycles. The zero-order valence-electron chi connectivity index (χ0n) is 17.0. The van der Waals surface area contributed by atoms with Gasteiger partial charge in [-0.25, -0.2) is 9.69 Å². The first-order valence-corrected chi connectivity index (χ1v) is 8.75. The average molecular weight is 401 g/mol. The molecular formula is C21H23NO7. The zero-order valence-corrected chi connectivity index (χ0v) is 17.0. The van der Waals surface area contributed by atoms with Crippen molar-refractivity contribution < 1.29 is 33.2 Å². The first-order chi connectivity index (χ1) is 14.1. The highest BCUT2D eigenvalue weighted by Gasteiger charge is 2.31. The number of nitrogens with zero attached hydrogens (tertiary/aromatic N) is 1. The summed E-state index contributed by atoms with van der Waals surface area (Å²) < 4.78 is 32.0. The first kappa shape index (κ1) is 20.2. The Labute approximate surface area is 169 Å². The van der Waals surface area contributed by atoms with Crippen LogP contribution in [0, 0.1) is 0 Å². The summed E-state index contributed by atoms with van der Waals surface area (Å²) >= 11 is 0. The summed E-state index contributed by atoms with van der Waals surface area (Å²) in [6.45, 7) is 0.129. The van der Waals surface area contributed by atoms with Gasteiger partial charge in [-0.3, -0.25) is 0 Å². The van der Waals surface area contributed by atoms with E-state index in [1.165, 1.54) is 26.2 Å². The summed E-state index contributed by atoms with van der Waals surface area (Å²) in [5, 5.41) is 0. The highest BCUT2D eigenvalue weighted by molar-refractivity contribution is 5.96. The first-order valence-electron chi connectivity index (χ1n) is 8.75. The molecule has 29 heavy (non-hydrogen) atoms. The van der Waals surface area contributed by atoms with Crippen molar-refractivity contribution in [2.75, 3.05) is 47.1 Å². The standard InChI is InChI=1S/C21H23NO7/c1-24-16-7-6-13(9-17(16)25-2)8-15-12-29-21(23)22(15)14-10-18(26-3)20(28-5)19(11-14)27-4/h6-11H,12H2,1-5H3/b15-8-. The molecule has 1 aliphatic heterocycles. The Balaban J connectivity index is 2.05. The van der Waals surface area contributed by atoms with E-state index in [9.17, 15) is 4.79 Å². The number of ether oxygens (including phenoxy) is 6. The van der Waals surface area contributed by atoms with Crippen LogP contribution >= 0.6 is 0 Å². The molecule has 3 rings (SSSR count). The number of carbonyl (C=O) groups excluding carboxylic acids is 1. The van der Waals surface area contributed by atoms with Crippen LogP contribution in [0.5, 0.6) is 28.7 Å². The Morgan fingerprint density at radius 2 is 1.45 bits per heavy atom. The Morgan fingerprint density at radius 3 is 2.00 bits per heavy atom. The third-order valence-electron chi connectivity index (χ3n) is 4.46. The molecule has 1 saturated heterocycles. The third kappa shape index (κ3) is 3.87. The number of anilines is 1. The van der Waals surface area contributed by atoms with E-state index in [1.54, 1.807) is 32.4 Å². The minimum Gasteiger partial charge on any atom is -0.493 e. The van der Waals surface area contributed by atoms with E-state index in [4.69, 9.17) is 28.4 Å². The van der Waals surface area contributed by atoms with Gasteiger partial charge in [0.05, 0.1) is 46.9 Å². The molecular weight excluding hydrogens is 378 g/mol. The summed E-state index contributed by atoms with van der Waals surface area (Å²) in [5.74, 6) is 2.53. The number of rotatable bonds is 7. The molecule has 0 aliphatic carbocycles. The van der Waals surface area contributed by atoms with Gasteiger partial charge in [0.25, 0.3) is 0 Å². The maximum absolute atomic E-state index is 12.5. The van der Waals surface area contributed by atoms with E-state index >= 15 is 0 Å². The van der Waals surface area contributed by atoms with Crippen molar-refractivity contribution in [1.82, 2.24) is 0 Å². The van der Waals surface area contributed by atoms with E-state index in [-0.39, 0.29) is 6.61 Å². The fourth-order valence-corrected chi connectivity index (χ4v) is 3.09. The van der Waals surface area contributed by atoms with Gasteiger partial charge in [-0.1, -0.05) is 6.07 Å². The number of methoxy groups -OCH3 is 5. The molecule has 8 nitrogen and oxygen atoms in total. The number of hydrogen-bond acceptors (Lipinski definition) is 7. The molecule has 8 heteroatoms. The summed E-state index contributed by atoms with van der Waals surface area (Å²) in [7, 11) is 7.70. The second-order valence-electron chi connectivity index (χ2n) is 6.02. The van der Waals surface area contributed by atoms with Crippen molar-refractivity contribution >= 4 is 17.9 Å². The topological polar surface area (TPSA) is 75.7 Å². The number of cyclic esters (lactones) is 1. The van der Waals surface area contributed by atoms with Gasteiger partial charge in [0.2, 0.25) is 5.75 Å². The summed E-state index contributed by atoms with van der Waals surface area (Å²) in [4.78, 5) is 13.9. The van der Waals surface area contributed by atoms with Gasteiger partial charge in [0.1, 0.15) is 6.61 Å².